The molecule has 0 saturated heterocycles. The summed E-state index contributed by atoms with van der Waals surface area (Å²) in [4.78, 5) is 30.1. The van der Waals surface area contributed by atoms with Gasteiger partial charge in [0.2, 0.25) is 11.8 Å². The smallest absolute Gasteiger partial charge is 0.230 e. The highest BCUT2D eigenvalue weighted by atomic mass is 16.2. The van der Waals surface area contributed by atoms with Crippen LogP contribution in [0, 0.1) is 11.8 Å². The highest BCUT2D eigenvalue weighted by Crippen LogP contribution is 2.28. The van der Waals surface area contributed by atoms with Crippen molar-refractivity contribution in [3.8, 4) is 0 Å². The van der Waals surface area contributed by atoms with E-state index in [4.69, 9.17) is 0 Å². The van der Waals surface area contributed by atoms with Crippen LogP contribution in [0.15, 0.2) is 48.5 Å². The molecule has 1 atom stereocenters. The van der Waals surface area contributed by atoms with Gasteiger partial charge in [0.25, 0.3) is 0 Å². The quantitative estimate of drug-likeness (QED) is 0.462. The summed E-state index contributed by atoms with van der Waals surface area (Å²) in [6, 6.07) is 16.0. The second-order valence-corrected chi connectivity index (χ2v) is 9.87. The van der Waals surface area contributed by atoms with Crippen molar-refractivity contribution in [3.05, 3.63) is 59.7 Å². The highest BCUT2D eigenvalue weighted by Gasteiger charge is 2.26. The molecule has 0 aromatic heterocycles. The van der Waals surface area contributed by atoms with Gasteiger partial charge in [0.05, 0.1) is 5.92 Å². The lowest BCUT2D eigenvalue weighted by molar-refractivity contribution is -0.134. The molecule has 180 valence electrons. The molecule has 0 aliphatic carbocycles. The van der Waals surface area contributed by atoms with Gasteiger partial charge >= 0.3 is 0 Å². The summed E-state index contributed by atoms with van der Waals surface area (Å²) in [7, 11) is 4.01. The average Bonchev–Trinajstić information content (AvgIpc) is 2.73. The lowest BCUT2D eigenvalue weighted by atomic mass is 9.94. The number of hydrogen-bond donors (Lipinski definition) is 1. The zero-order chi connectivity index (χ0) is 24.5. The van der Waals surface area contributed by atoms with Crippen LogP contribution in [0.5, 0.6) is 0 Å². The number of nitrogens with one attached hydrogen (secondary N) is 1. The topological polar surface area (TPSA) is 52.7 Å². The maximum absolute atomic E-state index is 13.7. The molecule has 0 fully saturated rings. The molecule has 33 heavy (non-hydrogen) atoms. The molecule has 0 aliphatic heterocycles. The fraction of sp³-hybridized carbons (Fsp3) is 0.500. The predicted molar refractivity (Wildman–Crippen MR) is 139 cm³/mol. The zero-order valence-electron chi connectivity index (χ0n) is 21.4. The first kappa shape index (κ1) is 26.4. The van der Waals surface area contributed by atoms with Gasteiger partial charge in [-0.2, -0.15) is 0 Å². The Morgan fingerprint density at radius 1 is 0.939 bits per heavy atom. The molecule has 5 nitrogen and oxygen atoms in total. The van der Waals surface area contributed by atoms with E-state index >= 15 is 0 Å². The van der Waals surface area contributed by atoms with Crippen LogP contribution in [0.1, 0.15) is 64.5 Å². The Morgan fingerprint density at radius 3 is 2.15 bits per heavy atom. The number of benzene rings is 2. The normalized spacial score (nSPS) is 12.0. The lowest BCUT2D eigenvalue weighted by Crippen LogP contribution is -2.37. The van der Waals surface area contributed by atoms with Gasteiger partial charge in [0.15, 0.2) is 0 Å². The van der Waals surface area contributed by atoms with Crippen LogP contribution in [-0.4, -0.2) is 37.4 Å². The van der Waals surface area contributed by atoms with Gasteiger partial charge in [-0.15, -0.1) is 0 Å². The fourth-order valence-corrected chi connectivity index (χ4v) is 4.15. The lowest BCUT2D eigenvalue weighted by Gasteiger charge is -2.30. The molecule has 0 radical (unpaired) electrons. The van der Waals surface area contributed by atoms with Crippen molar-refractivity contribution < 1.29 is 9.59 Å². The molecule has 2 aromatic rings. The molecule has 0 aliphatic rings. The standard InChI is InChI=1S/C28H41N3O2/c1-8-25(22-12-10-9-11-13-22)28(33)31(18-21(4)5)19-23-17-24(14-15-26(23)30(6)7)29-27(32)16-20(2)3/h9-15,17,20-21,25H,8,16,18-19H2,1-7H3,(H,29,32)/t25-/m0/s1. The van der Waals surface area contributed by atoms with Crippen LogP contribution in [0.4, 0.5) is 11.4 Å². The van der Waals surface area contributed by atoms with E-state index in [1.165, 1.54) is 0 Å². The monoisotopic (exact) mass is 451 g/mol. The second kappa shape index (κ2) is 12.4. The predicted octanol–water partition coefficient (Wildman–Crippen LogP) is 5.92. The summed E-state index contributed by atoms with van der Waals surface area (Å²) in [6.45, 7) is 11.6. The molecular weight excluding hydrogens is 410 g/mol. The Morgan fingerprint density at radius 2 is 1.61 bits per heavy atom. The van der Waals surface area contributed by atoms with Gasteiger partial charge in [0.1, 0.15) is 0 Å². The summed E-state index contributed by atoms with van der Waals surface area (Å²) >= 11 is 0. The van der Waals surface area contributed by atoms with Crippen LogP contribution in [0.3, 0.4) is 0 Å². The van der Waals surface area contributed by atoms with E-state index in [-0.39, 0.29) is 17.7 Å². The second-order valence-electron chi connectivity index (χ2n) is 9.87. The first-order valence-corrected chi connectivity index (χ1v) is 12.1. The maximum atomic E-state index is 13.7. The number of hydrogen-bond acceptors (Lipinski definition) is 3. The van der Waals surface area contributed by atoms with E-state index < -0.39 is 0 Å². The van der Waals surface area contributed by atoms with Crippen molar-refractivity contribution in [2.45, 2.75) is 59.9 Å². The number of carbonyl (C=O) groups is 2. The van der Waals surface area contributed by atoms with Gasteiger partial charge < -0.3 is 15.1 Å². The molecule has 0 bridgehead atoms. The molecule has 0 spiro atoms. The van der Waals surface area contributed by atoms with Crippen LogP contribution < -0.4 is 10.2 Å². The van der Waals surface area contributed by atoms with Crippen LogP contribution in [0.25, 0.3) is 0 Å². The molecule has 2 rings (SSSR count). The third kappa shape index (κ3) is 7.92. The molecule has 0 unspecified atom stereocenters. The summed E-state index contributed by atoms with van der Waals surface area (Å²) < 4.78 is 0. The van der Waals surface area contributed by atoms with Crippen molar-refractivity contribution in [2.24, 2.45) is 11.8 Å². The van der Waals surface area contributed by atoms with Gasteiger partial charge in [0, 0.05) is 45.0 Å². The summed E-state index contributed by atoms with van der Waals surface area (Å²) in [5.74, 6) is 0.643. The van der Waals surface area contributed by atoms with Crippen molar-refractivity contribution in [1.29, 1.82) is 0 Å². The minimum Gasteiger partial charge on any atom is -0.377 e. The third-order valence-corrected chi connectivity index (χ3v) is 5.61. The van der Waals surface area contributed by atoms with Crippen LogP contribution in [0.2, 0.25) is 0 Å². The third-order valence-electron chi connectivity index (χ3n) is 5.61. The Hall–Kier alpha value is -2.82. The first-order chi connectivity index (χ1) is 15.6. The Kier molecular flexibility index (Phi) is 9.95. The number of rotatable bonds is 11. The zero-order valence-corrected chi connectivity index (χ0v) is 21.4. The van der Waals surface area contributed by atoms with Crippen molar-refractivity contribution >= 4 is 23.2 Å². The Labute approximate surface area is 200 Å². The molecule has 0 saturated carbocycles. The number of carbonyl (C=O) groups excluding carboxylic acids is 2. The van der Waals surface area contributed by atoms with Gasteiger partial charge in [-0.25, -0.2) is 0 Å². The number of anilines is 2. The number of amides is 2. The van der Waals surface area contributed by atoms with E-state index in [9.17, 15) is 9.59 Å². The average molecular weight is 452 g/mol. The van der Waals surface area contributed by atoms with E-state index in [1.807, 2.05) is 81.4 Å². The van der Waals surface area contributed by atoms with E-state index in [2.05, 4.69) is 31.0 Å². The van der Waals surface area contributed by atoms with Crippen LogP contribution >= 0.6 is 0 Å². The van der Waals surface area contributed by atoms with Crippen molar-refractivity contribution in [2.75, 3.05) is 30.9 Å². The minimum atomic E-state index is -0.165. The van der Waals surface area contributed by atoms with Crippen molar-refractivity contribution in [1.82, 2.24) is 4.90 Å². The van der Waals surface area contributed by atoms with E-state index in [0.717, 1.165) is 28.9 Å². The van der Waals surface area contributed by atoms with Gasteiger partial charge in [-0.3, -0.25) is 9.59 Å². The fourth-order valence-electron chi connectivity index (χ4n) is 4.15. The van der Waals surface area contributed by atoms with Crippen molar-refractivity contribution in [3.63, 3.8) is 0 Å². The SMILES string of the molecule is CC[C@H](C(=O)N(Cc1cc(NC(=O)CC(C)C)ccc1N(C)C)CC(C)C)c1ccccc1. The molecule has 0 heterocycles. The molecule has 2 amide bonds. The molecule has 1 N–H and O–H groups in total. The summed E-state index contributed by atoms with van der Waals surface area (Å²) in [6.07, 6.45) is 1.24. The van der Waals surface area contributed by atoms with E-state index in [1.54, 1.807) is 0 Å². The Balaban J connectivity index is 2.36. The highest BCUT2D eigenvalue weighted by molar-refractivity contribution is 5.91. The Bertz CT molecular complexity index is 907. The minimum absolute atomic E-state index is 0.0128. The summed E-state index contributed by atoms with van der Waals surface area (Å²) in [5, 5.41) is 3.02. The van der Waals surface area contributed by atoms with Gasteiger partial charge in [-0.1, -0.05) is 65.0 Å². The van der Waals surface area contributed by atoms with Gasteiger partial charge in [-0.05, 0) is 47.6 Å². The molecule has 2 aromatic carbocycles. The number of nitrogens with zero attached hydrogens (tertiary/aromatic N) is 2. The van der Waals surface area contributed by atoms with Crippen LogP contribution in [-0.2, 0) is 16.1 Å². The maximum Gasteiger partial charge on any atom is 0.230 e. The molecular formula is C28H41N3O2. The first-order valence-electron chi connectivity index (χ1n) is 12.1. The summed E-state index contributed by atoms with van der Waals surface area (Å²) in [5.41, 5.74) is 3.90. The van der Waals surface area contributed by atoms with E-state index in [0.29, 0.717) is 31.3 Å². The molecule has 5 heteroatoms. The largest absolute Gasteiger partial charge is 0.377 e.